The van der Waals surface area contributed by atoms with Crippen LogP contribution in [0.5, 0.6) is 11.5 Å². The van der Waals surface area contributed by atoms with E-state index in [1.165, 1.54) is 17.3 Å². The first-order chi connectivity index (χ1) is 13.6. The number of unbranched alkanes of at least 4 members (excludes halogenated alkanes) is 2. The van der Waals surface area contributed by atoms with Crippen molar-refractivity contribution in [2.24, 2.45) is 0 Å². The fourth-order valence-corrected chi connectivity index (χ4v) is 7.12. The Morgan fingerprint density at radius 2 is 1.36 bits per heavy atom. The molecule has 0 atom stereocenters. The molecular weight excluding hydrogens is 360 g/mol. The molecule has 0 saturated carbocycles. The molecule has 2 rings (SSSR count). The Balaban J connectivity index is 2.27. The van der Waals surface area contributed by atoms with Crippen molar-refractivity contribution in [2.45, 2.75) is 78.3 Å². The van der Waals surface area contributed by atoms with Crippen LogP contribution in [0.25, 0.3) is 0 Å². The largest absolute Gasteiger partial charge is 0.507 e. The highest BCUT2D eigenvalue weighted by Crippen LogP contribution is 2.31. The Bertz CT molecular complexity index is 679. The van der Waals surface area contributed by atoms with Crippen molar-refractivity contribution in [2.75, 3.05) is 6.23 Å². The quantitative estimate of drug-likeness (QED) is 0.420. The minimum atomic E-state index is -1.69. The van der Waals surface area contributed by atoms with Crippen molar-refractivity contribution >= 4 is 13.3 Å². The first-order valence-corrected chi connectivity index (χ1v) is 13.7. The predicted octanol–water partition coefficient (Wildman–Crippen LogP) is 6.39. The molecule has 0 fully saturated rings. The average molecular weight is 399 g/mol. The first-order valence-electron chi connectivity index (χ1n) is 11.1. The number of hydrogen-bond donors (Lipinski definition) is 1. The molecule has 0 bridgehead atoms. The van der Waals surface area contributed by atoms with Gasteiger partial charge in [-0.05, 0) is 48.9 Å². The maximum absolute atomic E-state index is 10.7. The van der Waals surface area contributed by atoms with Crippen LogP contribution >= 0.6 is 0 Å². The number of benzene rings is 2. The fourth-order valence-electron chi connectivity index (χ4n) is 3.89. The number of phenolic OH excluding ortho intramolecular Hbond substituents is 1. The summed E-state index contributed by atoms with van der Waals surface area (Å²) < 4.78 is 6.45. The molecule has 0 aliphatic carbocycles. The van der Waals surface area contributed by atoms with Gasteiger partial charge in [0.1, 0.15) is 19.6 Å². The summed E-state index contributed by atoms with van der Waals surface area (Å²) in [6.45, 7) is 9.00. The lowest BCUT2D eigenvalue weighted by atomic mass is 10.00. The number of ether oxygens (including phenoxy) is 1. The number of phenols is 1. The molecule has 2 aromatic rings. The predicted molar refractivity (Wildman–Crippen MR) is 124 cm³/mol. The van der Waals surface area contributed by atoms with Gasteiger partial charge >= 0.3 is 0 Å². The molecule has 0 aliphatic rings. The van der Waals surface area contributed by atoms with Crippen LogP contribution in [0.1, 0.15) is 64.5 Å². The van der Waals surface area contributed by atoms with Crippen molar-refractivity contribution < 1.29 is 9.84 Å². The fraction of sp³-hybridized carbons (Fsp3) is 0.520. The van der Waals surface area contributed by atoms with Crippen LogP contribution in [0.4, 0.5) is 0 Å². The molecular formula is C25H38O2Si. The summed E-state index contributed by atoms with van der Waals surface area (Å²) in [6, 6.07) is 17.5. The first kappa shape index (κ1) is 22.5. The van der Waals surface area contributed by atoms with Gasteiger partial charge in [-0.1, -0.05) is 88.1 Å². The van der Waals surface area contributed by atoms with E-state index in [4.69, 9.17) is 4.74 Å². The maximum atomic E-state index is 10.7. The molecule has 1 N–H and O–H groups in total. The van der Waals surface area contributed by atoms with Gasteiger partial charge in [0, 0.05) is 0 Å². The van der Waals surface area contributed by atoms with Gasteiger partial charge in [-0.25, -0.2) is 0 Å². The van der Waals surface area contributed by atoms with E-state index < -0.39 is 8.07 Å². The molecule has 2 nitrogen and oxygen atoms in total. The third kappa shape index (κ3) is 5.63. The van der Waals surface area contributed by atoms with E-state index in [-0.39, 0.29) is 0 Å². The summed E-state index contributed by atoms with van der Waals surface area (Å²) in [5.41, 5.74) is 2.09. The van der Waals surface area contributed by atoms with Gasteiger partial charge in [0.2, 0.25) is 0 Å². The molecule has 28 heavy (non-hydrogen) atoms. The summed E-state index contributed by atoms with van der Waals surface area (Å²) in [7, 11) is -1.69. The van der Waals surface area contributed by atoms with E-state index in [9.17, 15) is 5.11 Å². The monoisotopic (exact) mass is 398 g/mol. The van der Waals surface area contributed by atoms with E-state index in [1.807, 2.05) is 0 Å². The minimum absolute atomic E-state index is 0.492. The zero-order chi connectivity index (χ0) is 20.4. The Hall–Kier alpha value is -1.74. The standard InChI is InChI=1S/C25H38O2Si/c1-5-9-14-21-18-23(19-22(25(21)26)15-10-6-2)27-20-28(7-3,8-4)24-16-12-11-13-17-24/h11-13,16-19,26H,5-10,14-15,20H2,1-4H3. The van der Waals surface area contributed by atoms with Crippen molar-refractivity contribution in [3.8, 4) is 11.5 Å². The van der Waals surface area contributed by atoms with Gasteiger partial charge in [0.15, 0.2) is 0 Å². The van der Waals surface area contributed by atoms with Gasteiger partial charge in [-0.3, -0.25) is 0 Å². The van der Waals surface area contributed by atoms with Gasteiger partial charge in [0.25, 0.3) is 0 Å². The number of hydrogen-bond acceptors (Lipinski definition) is 2. The van der Waals surface area contributed by atoms with E-state index in [0.29, 0.717) is 5.75 Å². The normalized spacial score (nSPS) is 11.6. The summed E-state index contributed by atoms with van der Waals surface area (Å²) in [5.74, 6) is 1.43. The lowest BCUT2D eigenvalue weighted by molar-refractivity contribution is 0.373. The smallest absolute Gasteiger partial charge is 0.129 e. The van der Waals surface area contributed by atoms with Crippen molar-refractivity contribution in [1.29, 1.82) is 0 Å². The second kappa shape index (κ2) is 11.3. The van der Waals surface area contributed by atoms with E-state index in [2.05, 4.69) is 70.2 Å². The van der Waals surface area contributed by atoms with E-state index >= 15 is 0 Å². The second-order valence-corrected chi connectivity index (χ2v) is 12.8. The number of aromatic hydroxyl groups is 1. The van der Waals surface area contributed by atoms with Crippen LogP contribution in [0.15, 0.2) is 42.5 Å². The molecule has 0 spiro atoms. The number of aryl methyl sites for hydroxylation is 2. The van der Waals surface area contributed by atoms with Crippen molar-refractivity contribution in [3.63, 3.8) is 0 Å². The molecule has 0 aliphatic heterocycles. The van der Waals surface area contributed by atoms with Gasteiger partial charge < -0.3 is 9.84 Å². The highest BCUT2D eigenvalue weighted by Gasteiger charge is 2.32. The molecule has 0 aromatic heterocycles. The van der Waals surface area contributed by atoms with Crippen LogP contribution < -0.4 is 9.92 Å². The zero-order valence-electron chi connectivity index (χ0n) is 18.3. The maximum Gasteiger partial charge on any atom is 0.129 e. The summed E-state index contributed by atoms with van der Waals surface area (Å²) in [6.07, 6.45) is 7.08. The molecule has 0 amide bonds. The molecule has 0 radical (unpaired) electrons. The second-order valence-electron chi connectivity index (χ2n) is 7.94. The Morgan fingerprint density at radius 1 is 0.821 bits per heavy atom. The summed E-state index contributed by atoms with van der Waals surface area (Å²) in [5, 5.41) is 12.2. The van der Waals surface area contributed by atoms with Gasteiger partial charge in [0.05, 0.1) is 6.23 Å². The van der Waals surface area contributed by atoms with Gasteiger partial charge in [-0.15, -0.1) is 0 Å². The molecule has 0 unspecified atom stereocenters. The lowest BCUT2D eigenvalue weighted by Crippen LogP contribution is -2.52. The molecule has 2 aromatic carbocycles. The average Bonchev–Trinajstić information content (AvgIpc) is 2.74. The molecule has 3 heteroatoms. The molecule has 154 valence electrons. The Labute approximate surface area is 173 Å². The lowest BCUT2D eigenvalue weighted by Gasteiger charge is -2.30. The highest BCUT2D eigenvalue weighted by atomic mass is 28.3. The SMILES string of the molecule is CCCCc1cc(OC[Si](CC)(CC)c2ccccc2)cc(CCCC)c1O. The van der Waals surface area contributed by atoms with Crippen molar-refractivity contribution in [1.82, 2.24) is 0 Å². The molecule has 0 heterocycles. The minimum Gasteiger partial charge on any atom is -0.507 e. The Morgan fingerprint density at radius 3 is 1.82 bits per heavy atom. The van der Waals surface area contributed by atoms with Crippen LogP contribution in [0, 0.1) is 0 Å². The molecule has 0 saturated heterocycles. The zero-order valence-corrected chi connectivity index (χ0v) is 19.3. The van der Waals surface area contributed by atoms with Crippen LogP contribution in [-0.2, 0) is 12.8 Å². The third-order valence-corrected chi connectivity index (χ3v) is 11.1. The van der Waals surface area contributed by atoms with Crippen molar-refractivity contribution in [3.05, 3.63) is 53.6 Å². The van der Waals surface area contributed by atoms with E-state index in [1.54, 1.807) is 0 Å². The van der Waals surface area contributed by atoms with Crippen LogP contribution in [-0.4, -0.2) is 19.4 Å². The third-order valence-electron chi connectivity index (χ3n) is 6.10. The topological polar surface area (TPSA) is 29.5 Å². The van der Waals surface area contributed by atoms with Crippen LogP contribution in [0.3, 0.4) is 0 Å². The summed E-state index contributed by atoms with van der Waals surface area (Å²) >= 11 is 0. The summed E-state index contributed by atoms with van der Waals surface area (Å²) in [4.78, 5) is 0. The van der Waals surface area contributed by atoms with Gasteiger partial charge in [-0.2, -0.15) is 0 Å². The van der Waals surface area contributed by atoms with Crippen LogP contribution in [0.2, 0.25) is 12.1 Å². The highest BCUT2D eigenvalue weighted by molar-refractivity contribution is 6.91. The van der Waals surface area contributed by atoms with E-state index in [0.717, 1.165) is 61.6 Å². The Kier molecular flexibility index (Phi) is 9.10. The number of rotatable bonds is 12.